The number of nitrogens with zero attached hydrogens (tertiary/aromatic N) is 1. The minimum absolute atomic E-state index is 0.0117. The van der Waals surface area contributed by atoms with Crippen LogP contribution in [0.1, 0.15) is 28.8 Å². The number of rotatable bonds is 9. The first kappa shape index (κ1) is 23.7. The van der Waals surface area contributed by atoms with Gasteiger partial charge in [-0.1, -0.05) is 0 Å². The number of hydrogen-bond acceptors (Lipinski definition) is 7. The molecule has 1 N–H and O–H groups in total. The van der Waals surface area contributed by atoms with Crippen LogP contribution in [0.25, 0.3) is 0 Å². The van der Waals surface area contributed by atoms with Gasteiger partial charge in [0.2, 0.25) is 15.8 Å². The Kier molecular flexibility index (Phi) is 7.47. The van der Waals surface area contributed by atoms with E-state index in [1.165, 1.54) is 50.9 Å². The fourth-order valence-corrected chi connectivity index (χ4v) is 5.31. The lowest BCUT2D eigenvalue weighted by atomic mass is 10.1. The predicted molar refractivity (Wildman–Crippen MR) is 118 cm³/mol. The standard InChI is InChI=1S/C22H28N2O7S/c1-28-17-8-7-16(13-20(17)32(26,27)24-9-5-6-10-24)22(25)23-14-15-11-18(29-2)21(31-4)19(12-15)30-3/h7-8,11-13H,5-6,9-10,14H2,1-4H3,(H,23,25). The van der Waals surface area contributed by atoms with E-state index >= 15 is 0 Å². The molecule has 0 aromatic heterocycles. The summed E-state index contributed by atoms with van der Waals surface area (Å²) in [7, 11) is 2.20. The van der Waals surface area contributed by atoms with Crippen molar-refractivity contribution in [3.63, 3.8) is 0 Å². The number of methoxy groups -OCH3 is 4. The zero-order valence-corrected chi connectivity index (χ0v) is 19.5. The molecule has 3 rings (SSSR count). The molecule has 32 heavy (non-hydrogen) atoms. The number of hydrogen-bond donors (Lipinski definition) is 1. The van der Waals surface area contributed by atoms with Crippen molar-refractivity contribution >= 4 is 15.9 Å². The summed E-state index contributed by atoms with van der Waals surface area (Å²) in [4.78, 5) is 12.8. The smallest absolute Gasteiger partial charge is 0.251 e. The summed E-state index contributed by atoms with van der Waals surface area (Å²) in [6.45, 7) is 1.10. The summed E-state index contributed by atoms with van der Waals surface area (Å²) in [5, 5.41) is 2.80. The Hall–Kier alpha value is -2.98. The maximum atomic E-state index is 13.0. The molecular formula is C22H28N2O7S. The van der Waals surface area contributed by atoms with Gasteiger partial charge >= 0.3 is 0 Å². The zero-order valence-electron chi connectivity index (χ0n) is 18.6. The molecule has 0 atom stereocenters. The number of carbonyl (C=O) groups is 1. The van der Waals surface area contributed by atoms with Crippen molar-refractivity contribution in [1.29, 1.82) is 0 Å². The van der Waals surface area contributed by atoms with Crippen molar-refractivity contribution in [2.24, 2.45) is 0 Å². The Bertz CT molecular complexity index is 1050. The number of sulfonamides is 1. The molecule has 1 heterocycles. The molecule has 0 saturated carbocycles. The fraction of sp³-hybridized carbons (Fsp3) is 0.409. The van der Waals surface area contributed by atoms with E-state index in [9.17, 15) is 13.2 Å². The van der Waals surface area contributed by atoms with Crippen molar-refractivity contribution in [2.75, 3.05) is 41.5 Å². The molecule has 2 aromatic rings. The molecule has 174 valence electrons. The second kappa shape index (κ2) is 10.1. The van der Waals surface area contributed by atoms with Crippen LogP contribution in [-0.2, 0) is 16.6 Å². The quantitative estimate of drug-likeness (QED) is 0.608. The van der Waals surface area contributed by atoms with Crippen LogP contribution in [0.2, 0.25) is 0 Å². The first-order chi connectivity index (χ1) is 15.3. The number of ether oxygens (including phenoxy) is 4. The molecule has 1 amide bonds. The van der Waals surface area contributed by atoms with Gasteiger partial charge in [0.05, 0.1) is 28.4 Å². The van der Waals surface area contributed by atoms with Crippen LogP contribution < -0.4 is 24.3 Å². The molecule has 0 radical (unpaired) electrons. The third-order valence-electron chi connectivity index (χ3n) is 5.29. The molecule has 1 fully saturated rings. The van der Waals surface area contributed by atoms with E-state index in [4.69, 9.17) is 18.9 Å². The minimum Gasteiger partial charge on any atom is -0.495 e. The van der Waals surface area contributed by atoms with E-state index in [-0.39, 0.29) is 22.8 Å². The second-order valence-electron chi connectivity index (χ2n) is 7.19. The molecule has 1 saturated heterocycles. The van der Waals surface area contributed by atoms with E-state index in [0.29, 0.717) is 30.3 Å². The molecule has 0 bridgehead atoms. The maximum Gasteiger partial charge on any atom is 0.251 e. The van der Waals surface area contributed by atoms with Crippen LogP contribution in [0.5, 0.6) is 23.0 Å². The average molecular weight is 465 g/mol. The third-order valence-corrected chi connectivity index (χ3v) is 7.21. The van der Waals surface area contributed by atoms with Gasteiger partial charge in [-0.3, -0.25) is 4.79 Å². The highest BCUT2D eigenvalue weighted by Crippen LogP contribution is 2.38. The zero-order chi connectivity index (χ0) is 23.3. The second-order valence-corrected chi connectivity index (χ2v) is 9.10. The Morgan fingerprint density at radius 3 is 2.03 bits per heavy atom. The summed E-state index contributed by atoms with van der Waals surface area (Å²) in [6, 6.07) is 7.86. The average Bonchev–Trinajstić information content (AvgIpc) is 3.37. The number of benzene rings is 2. The summed E-state index contributed by atoms with van der Waals surface area (Å²) in [5.74, 6) is 1.19. The summed E-state index contributed by atoms with van der Waals surface area (Å²) in [6.07, 6.45) is 1.63. The van der Waals surface area contributed by atoms with Gasteiger partial charge in [0, 0.05) is 25.2 Å². The molecule has 0 aliphatic carbocycles. The van der Waals surface area contributed by atoms with E-state index in [1.54, 1.807) is 12.1 Å². The monoisotopic (exact) mass is 464 g/mol. The van der Waals surface area contributed by atoms with Gasteiger partial charge in [0.15, 0.2) is 11.5 Å². The van der Waals surface area contributed by atoms with Crippen LogP contribution >= 0.6 is 0 Å². The van der Waals surface area contributed by atoms with E-state index in [1.807, 2.05) is 0 Å². The molecule has 0 spiro atoms. The highest BCUT2D eigenvalue weighted by molar-refractivity contribution is 7.89. The van der Waals surface area contributed by atoms with Gasteiger partial charge in [-0.2, -0.15) is 4.31 Å². The van der Waals surface area contributed by atoms with Crippen molar-refractivity contribution < 1.29 is 32.2 Å². The predicted octanol–water partition coefficient (Wildman–Crippen LogP) is 2.44. The topological polar surface area (TPSA) is 103 Å². The molecule has 9 nitrogen and oxygen atoms in total. The van der Waals surface area contributed by atoms with Crippen LogP contribution in [0.4, 0.5) is 0 Å². The SMILES string of the molecule is COc1ccc(C(=O)NCc2cc(OC)c(OC)c(OC)c2)cc1S(=O)(=O)N1CCCC1. The largest absolute Gasteiger partial charge is 0.495 e. The van der Waals surface area contributed by atoms with E-state index in [2.05, 4.69) is 5.32 Å². The Balaban J connectivity index is 1.83. The molecule has 10 heteroatoms. The highest BCUT2D eigenvalue weighted by atomic mass is 32.2. The van der Waals surface area contributed by atoms with E-state index in [0.717, 1.165) is 18.4 Å². The van der Waals surface area contributed by atoms with Gasteiger partial charge in [0.25, 0.3) is 5.91 Å². The first-order valence-electron chi connectivity index (χ1n) is 10.1. The third kappa shape index (κ3) is 4.76. The first-order valence-corrected chi connectivity index (χ1v) is 11.5. The molecule has 2 aromatic carbocycles. The summed E-state index contributed by atoms with van der Waals surface area (Å²) in [5.41, 5.74) is 0.947. The van der Waals surface area contributed by atoms with Crippen LogP contribution in [-0.4, -0.2) is 60.2 Å². The Labute approximate surface area is 188 Å². The van der Waals surface area contributed by atoms with Crippen molar-refractivity contribution in [2.45, 2.75) is 24.3 Å². The summed E-state index contributed by atoms with van der Waals surface area (Å²) < 4.78 is 48.7. The van der Waals surface area contributed by atoms with Crippen LogP contribution in [0, 0.1) is 0 Å². The Morgan fingerprint density at radius 1 is 0.906 bits per heavy atom. The van der Waals surface area contributed by atoms with Gasteiger partial charge in [-0.15, -0.1) is 0 Å². The molecule has 0 unspecified atom stereocenters. The number of carbonyl (C=O) groups excluding carboxylic acids is 1. The molecular weight excluding hydrogens is 436 g/mol. The number of amides is 1. The number of nitrogens with one attached hydrogen (secondary N) is 1. The lowest BCUT2D eigenvalue weighted by molar-refractivity contribution is 0.0950. The highest BCUT2D eigenvalue weighted by Gasteiger charge is 2.30. The van der Waals surface area contributed by atoms with Crippen LogP contribution in [0.15, 0.2) is 35.2 Å². The lowest BCUT2D eigenvalue weighted by Crippen LogP contribution is -2.29. The maximum absolute atomic E-state index is 13.0. The van der Waals surface area contributed by atoms with Gasteiger partial charge in [-0.25, -0.2) is 8.42 Å². The van der Waals surface area contributed by atoms with Gasteiger partial charge in [0.1, 0.15) is 10.6 Å². The normalized spacial score (nSPS) is 14.1. The van der Waals surface area contributed by atoms with Crippen molar-refractivity contribution in [1.82, 2.24) is 9.62 Å². The van der Waals surface area contributed by atoms with Crippen molar-refractivity contribution in [3.8, 4) is 23.0 Å². The fourth-order valence-electron chi connectivity index (χ4n) is 3.61. The molecule has 1 aliphatic heterocycles. The van der Waals surface area contributed by atoms with Crippen LogP contribution in [0.3, 0.4) is 0 Å². The Morgan fingerprint density at radius 2 is 1.50 bits per heavy atom. The minimum atomic E-state index is -3.75. The van der Waals surface area contributed by atoms with E-state index < -0.39 is 15.9 Å². The summed E-state index contributed by atoms with van der Waals surface area (Å²) >= 11 is 0. The lowest BCUT2D eigenvalue weighted by Gasteiger charge is -2.18. The van der Waals surface area contributed by atoms with Gasteiger partial charge < -0.3 is 24.3 Å². The van der Waals surface area contributed by atoms with Gasteiger partial charge in [-0.05, 0) is 48.7 Å². The molecule has 1 aliphatic rings. The van der Waals surface area contributed by atoms with Crippen molar-refractivity contribution in [3.05, 3.63) is 41.5 Å².